The molecule has 0 spiro atoms. The van der Waals surface area contributed by atoms with Gasteiger partial charge in [-0.25, -0.2) is 0 Å². The van der Waals surface area contributed by atoms with E-state index in [1.54, 1.807) is 43.5 Å². The van der Waals surface area contributed by atoms with Crippen LogP contribution in [0.15, 0.2) is 46.4 Å². The van der Waals surface area contributed by atoms with Gasteiger partial charge in [-0.1, -0.05) is 11.6 Å². The number of benzene rings is 2. The Hall–Kier alpha value is -2.49. The molecular formula is C19H16BrClN2O3. The van der Waals surface area contributed by atoms with Crippen molar-refractivity contribution in [3.05, 3.63) is 57.0 Å². The molecule has 0 radical (unpaired) electrons. The first-order valence-corrected chi connectivity index (χ1v) is 8.84. The van der Waals surface area contributed by atoms with Crippen LogP contribution in [0.2, 0.25) is 5.02 Å². The van der Waals surface area contributed by atoms with Crippen molar-refractivity contribution < 1.29 is 14.3 Å². The van der Waals surface area contributed by atoms with Crippen molar-refractivity contribution in [1.29, 1.82) is 5.26 Å². The number of nitrogens with zero attached hydrogens (tertiary/aromatic N) is 1. The third-order valence-corrected chi connectivity index (χ3v) is 4.16. The third-order valence-electron chi connectivity index (χ3n) is 3.31. The largest absolute Gasteiger partial charge is 0.492 e. The monoisotopic (exact) mass is 434 g/mol. The zero-order valence-electron chi connectivity index (χ0n) is 14.2. The smallest absolute Gasteiger partial charge is 0.266 e. The highest BCUT2D eigenvalue weighted by Gasteiger charge is 2.13. The first kappa shape index (κ1) is 19.8. The Morgan fingerprint density at radius 2 is 2.04 bits per heavy atom. The minimum atomic E-state index is -0.514. The second-order valence-corrected chi connectivity index (χ2v) is 6.39. The average molecular weight is 436 g/mol. The Morgan fingerprint density at radius 3 is 2.62 bits per heavy atom. The van der Waals surface area contributed by atoms with Crippen molar-refractivity contribution in [3.8, 4) is 17.6 Å². The van der Waals surface area contributed by atoms with Gasteiger partial charge in [0.1, 0.15) is 11.6 Å². The third kappa shape index (κ3) is 5.01. The van der Waals surface area contributed by atoms with Gasteiger partial charge in [-0.15, -0.1) is 0 Å². The van der Waals surface area contributed by atoms with Crippen molar-refractivity contribution in [2.24, 2.45) is 0 Å². The number of amides is 1. The van der Waals surface area contributed by atoms with Crippen molar-refractivity contribution in [1.82, 2.24) is 0 Å². The Morgan fingerprint density at radius 1 is 1.35 bits per heavy atom. The minimum absolute atomic E-state index is 0.0422. The molecule has 0 atom stereocenters. The number of rotatable bonds is 6. The number of carbonyl (C=O) groups excluding carboxylic acids is 1. The summed E-state index contributed by atoms with van der Waals surface area (Å²) in [5.74, 6) is 0.555. The molecule has 2 aromatic rings. The van der Waals surface area contributed by atoms with Crippen LogP contribution in [0.5, 0.6) is 11.5 Å². The predicted octanol–water partition coefficient (Wildman–Crippen LogP) is 5.06. The molecule has 26 heavy (non-hydrogen) atoms. The molecule has 134 valence electrons. The molecule has 0 saturated heterocycles. The molecule has 0 saturated carbocycles. The van der Waals surface area contributed by atoms with Crippen molar-refractivity contribution in [2.45, 2.75) is 6.92 Å². The first-order chi connectivity index (χ1) is 12.5. The SMILES string of the molecule is CCOc1cc(/C=C(/C#N)C(=O)Nc2ccc(Cl)cc2)cc(Br)c1OC. The van der Waals surface area contributed by atoms with Gasteiger partial charge < -0.3 is 14.8 Å². The Balaban J connectivity index is 2.31. The Kier molecular flexibility index (Phi) is 7.07. The lowest BCUT2D eigenvalue weighted by Crippen LogP contribution is -2.13. The molecule has 0 fully saturated rings. The fourth-order valence-electron chi connectivity index (χ4n) is 2.18. The predicted molar refractivity (Wildman–Crippen MR) is 106 cm³/mol. The van der Waals surface area contributed by atoms with Crippen LogP contribution in [0.3, 0.4) is 0 Å². The van der Waals surface area contributed by atoms with E-state index in [1.807, 2.05) is 13.0 Å². The Bertz CT molecular complexity index is 874. The lowest BCUT2D eigenvalue weighted by atomic mass is 10.1. The summed E-state index contributed by atoms with van der Waals surface area (Å²) in [5, 5.41) is 12.6. The van der Waals surface area contributed by atoms with Gasteiger partial charge in [0.05, 0.1) is 18.2 Å². The lowest BCUT2D eigenvalue weighted by molar-refractivity contribution is -0.112. The van der Waals surface area contributed by atoms with Gasteiger partial charge in [0.25, 0.3) is 5.91 Å². The summed E-state index contributed by atoms with van der Waals surface area (Å²) >= 11 is 9.23. The van der Waals surface area contributed by atoms with Gasteiger partial charge in [-0.3, -0.25) is 4.79 Å². The second kappa shape index (κ2) is 9.27. The zero-order chi connectivity index (χ0) is 19.1. The summed E-state index contributed by atoms with van der Waals surface area (Å²) in [6, 6.07) is 12.0. The van der Waals surface area contributed by atoms with E-state index in [-0.39, 0.29) is 5.57 Å². The van der Waals surface area contributed by atoms with Gasteiger partial charge in [-0.05, 0) is 70.9 Å². The van der Waals surface area contributed by atoms with Crippen molar-refractivity contribution >= 4 is 45.2 Å². The molecule has 1 amide bonds. The molecule has 2 rings (SSSR count). The van der Waals surface area contributed by atoms with Crippen LogP contribution in [0.25, 0.3) is 6.08 Å². The number of nitriles is 1. The van der Waals surface area contributed by atoms with Gasteiger partial charge in [0, 0.05) is 10.7 Å². The number of anilines is 1. The minimum Gasteiger partial charge on any atom is -0.492 e. The molecule has 0 aliphatic carbocycles. The fraction of sp³-hybridized carbons (Fsp3) is 0.158. The highest BCUT2D eigenvalue weighted by Crippen LogP contribution is 2.37. The van der Waals surface area contributed by atoms with E-state index in [0.29, 0.717) is 38.9 Å². The number of carbonyl (C=O) groups is 1. The van der Waals surface area contributed by atoms with Crippen LogP contribution in [-0.2, 0) is 4.79 Å². The van der Waals surface area contributed by atoms with E-state index in [1.165, 1.54) is 6.08 Å². The lowest BCUT2D eigenvalue weighted by Gasteiger charge is -2.12. The van der Waals surface area contributed by atoms with E-state index >= 15 is 0 Å². The van der Waals surface area contributed by atoms with E-state index in [4.69, 9.17) is 21.1 Å². The van der Waals surface area contributed by atoms with Crippen LogP contribution in [0.4, 0.5) is 5.69 Å². The van der Waals surface area contributed by atoms with E-state index in [9.17, 15) is 10.1 Å². The summed E-state index contributed by atoms with van der Waals surface area (Å²) in [6.07, 6.45) is 1.48. The van der Waals surface area contributed by atoms with Crippen molar-refractivity contribution in [2.75, 3.05) is 19.0 Å². The summed E-state index contributed by atoms with van der Waals surface area (Å²) in [5.41, 5.74) is 1.13. The molecule has 5 nitrogen and oxygen atoms in total. The summed E-state index contributed by atoms with van der Waals surface area (Å²) in [6.45, 7) is 2.31. The molecule has 0 heterocycles. The highest BCUT2D eigenvalue weighted by molar-refractivity contribution is 9.10. The van der Waals surface area contributed by atoms with Gasteiger partial charge in [-0.2, -0.15) is 5.26 Å². The normalized spacial score (nSPS) is 10.8. The maximum Gasteiger partial charge on any atom is 0.266 e. The molecule has 0 aliphatic heterocycles. The standard InChI is InChI=1S/C19H16BrClN2O3/c1-3-26-17-10-12(9-16(20)18(17)25-2)8-13(11-22)19(24)23-15-6-4-14(21)5-7-15/h4-10H,3H2,1-2H3,(H,23,24)/b13-8-. The highest BCUT2D eigenvalue weighted by atomic mass is 79.9. The van der Waals surface area contributed by atoms with Gasteiger partial charge in [0.2, 0.25) is 0 Å². The maximum absolute atomic E-state index is 12.3. The Labute approximate surface area is 165 Å². The van der Waals surface area contributed by atoms with Crippen LogP contribution >= 0.6 is 27.5 Å². The molecular weight excluding hydrogens is 420 g/mol. The fourth-order valence-corrected chi connectivity index (χ4v) is 2.93. The van der Waals surface area contributed by atoms with E-state index in [2.05, 4.69) is 21.2 Å². The van der Waals surface area contributed by atoms with E-state index in [0.717, 1.165) is 0 Å². The molecule has 0 aliphatic rings. The summed E-state index contributed by atoms with van der Waals surface area (Å²) in [4.78, 5) is 12.3. The average Bonchev–Trinajstić information content (AvgIpc) is 2.61. The van der Waals surface area contributed by atoms with Crippen LogP contribution < -0.4 is 14.8 Å². The molecule has 2 aromatic carbocycles. The zero-order valence-corrected chi connectivity index (χ0v) is 16.5. The molecule has 0 aromatic heterocycles. The van der Waals surface area contributed by atoms with E-state index < -0.39 is 5.91 Å². The summed E-state index contributed by atoms with van der Waals surface area (Å²) < 4.78 is 11.5. The molecule has 0 unspecified atom stereocenters. The second-order valence-electron chi connectivity index (χ2n) is 5.10. The molecule has 7 heteroatoms. The van der Waals surface area contributed by atoms with Crippen LogP contribution in [-0.4, -0.2) is 19.6 Å². The topological polar surface area (TPSA) is 71.3 Å². The van der Waals surface area contributed by atoms with Crippen molar-refractivity contribution in [3.63, 3.8) is 0 Å². The van der Waals surface area contributed by atoms with Gasteiger partial charge >= 0.3 is 0 Å². The number of ether oxygens (including phenoxy) is 2. The molecule has 0 bridgehead atoms. The molecule has 1 N–H and O–H groups in total. The number of nitrogens with one attached hydrogen (secondary N) is 1. The quantitative estimate of drug-likeness (QED) is 0.509. The number of methoxy groups -OCH3 is 1. The number of halogens is 2. The maximum atomic E-state index is 12.3. The number of hydrogen-bond donors (Lipinski definition) is 1. The number of hydrogen-bond acceptors (Lipinski definition) is 4. The van der Waals surface area contributed by atoms with Gasteiger partial charge in [0.15, 0.2) is 11.5 Å². The van der Waals surface area contributed by atoms with Crippen LogP contribution in [0.1, 0.15) is 12.5 Å². The summed E-state index contributed by atoms with van der Waals surface area (Å²) in [7, 11) is 1.54. The first-order valence-electron chi connectivity index (χ1n) is 7.67. The van der Waals surface area contributed by atoms with Crippen LogP contribution in [0, 0.1) is 11.3 Å².